The van der Waals surface area contributed by atoms with Gasteiger partial charge in [0.1, 0.15) is 5.00 Å². The summed E-state index contributed by atoms with van der Waals surface area (Å²) in [5.74, 6) is -0.614. The Hall–Kier alpha value is -2.25. The molecule has 0 saturated carbocycles. The van der Waals surface area contributed by atoms with Crippen LogP contribution in [0.15, 0.2) is 24.3 Å². The van der Waals surface area contributed by atoms with Crippen LogP contribution in [0.4, 0.5) is 5.00 Å². The van der Waals surface area contributed by atoms with E-state index in [4.69, 9.17) is 17.0 Å². The summed E-state index contributed by atoms with van der Waals surface area (Å²) in [5.41, 5.74) is 3.05. The number of hydrogen-bond acceptors (Lipinski definition) is 5. The summed E-state index contributed by atoms with van der Waals surface area (Å²) in [6, 6.07) is 7.31. The van der Waals surface area contributed by atoms with E-state index in [1.54, 1.807) is 13.0 Å². The van der Waals surface area contributed by atoms with Gasteiger partial charge in [-0.1, -0.05) is 18.2 Å². The van der Waals surface area contributed by atoms with Crippen molar-refractivity contribution >= 4 is 45.5 Å². The summed E-state index contributed by atoms with van der Waals surface area (Å²) >= 11 is 6.84. The Morgan fingerprint density at radius 1 is 1.22 bits per heavy atom. The van der Waals surface area contributed by atoms with Crippen LogP contribution in [0, 0.1) is 6.92 Å². The molecule has 0 atom stereocenters. The number of aryl methyl sites for hydroxylation is 2. The van der Waals surface area contributed by atoms with Crippen molar-refractivity contribution in [1.29, 1.82) is 0 Å². The molecule has 1 aromatic heterocycles. The molecule has 2 aromatic rings. The molecule has 0 spiro atoms. The van der Waals surface area contributed by atoms with Crippen LogP contribution in [0.5, 0.6) is 0 Å². The fourth-order valence-electron chi connectivity index (χ4n) is 3.21. The number of fused-ring (bicyclic) bond motifs is 1. The van der Waals surface area contributed by atoms with Crippen molar-refractivity contribution < 1.29 is 14.3 Å². The molecule has 0 bridgehead atoms. The van der Waals surface area contributed by atoms with Gasteiger partial charge < -0.3 is 10.1 Å². The number of amides is 1. The van der Waals surface area contributed by atoms with E-state index in [0.717, 1.165) is 36.8 Å². The molecular formula is C20H22N2O3S2. The number of carbonyl (C=O) groups is 2. The first-order valence-corrected chi connectivity index (χ1v) is 10.2. The minimum absolute atomic E-state index is 0.174. The third-order valence-electron chi connectivity index (χ3n) is 4.49. The third kappa shape index (κ3) is 4.36. The second-order valence-electron chi connectivity index (χ2n) is 6.36. The second-order valence-corrected chi connectivity index (χ2v) is 7.87. The van der Waals surface area contributed by atoms with Gasteiger partial charge in [-0.25, -0.2) is 4.79 Å². The zero-order chi connectivity index (χ0) is 19.4. The normalized spacial score (nSPS) is 12.8. The molecule has 0 saturated heterocycles. The first-order chi connectivity index (χ1) is 13.0. The van der Waals surface area contributed by atoms with Crippen molar-refractivity contribution in [3.8, 4) is 0 Å². The summed E-state index contributed by atoms with van der Waals surface area (Å²) in [6.07, 6.45) is 3.99. The van der Waals surface area contributed by atoms with Crippen LogP contribution in [0.2, 0.25) is 0 Å². The fraction of sp³-hybridized carbons (Fsp3) is 0.350. The summed E-state index contributed by atoms with van der Waals surface area (Å²) in [4.78, 5) is 26.1. The molecule has 2 N–H and O–H groups in total. The monoisotopic (exact) mass is 402 g/mol. The van der Waals surface area contributed by atoms with Crippen molar-refractivity contribution in [2.24, 2.45) is 0 Å². The highest BCUT2D eigenvalue weighted by molar-refractivity contribution is 7.80. The lowest BCUT2D eigenvalue weighted by Crippen LogP contribution is -2.34. The average Bonchev–Trinajstić information content (AvgIpc) is 2.99. The Balaban J connectivity index is 1.79. The van der Waals surface area contributed by atoms with Gasteiger partial charge in [-0.2, -0.15) is 0 Å². The highest BCUT2D eigenvalue weighted by atomic mass is 32.1. The molecule has 0 radical (unpaired) electrons. The Morgan fingerprint density at radius 3 is 2.70 bits per heavy atom. The average molecular weight is 403 g/mol. The quantitative estimate of drug-likeness (QED) is 0.591. The lowest BCUT2D eigenvalue weighted by Gasteiger charge is -2.13. The highest BCUT2D eigenvalue weighted by Gasteiger charge is 2.27. The third-order valence-corrected chi connectivity index (χ3v) is 5.91. The smallest absolute Gasteiger partial charge is 0.341 e. The molecule has 7 heteroatoms. The Kier molecular flexibility index (Phi) is 6.23. The molecule has 0 aliphatic heterocycles. The van der Waals surface area contributed by atoms with E-state index in [1.807, 2.05) is 25.1 Å². The van der Waals surface area contributed by atoms with Crippen LogP contribution >= 0.6 is 23.6 Å². The van der Waals surface area contributed by atoms with Crippen molar-refractivity contribution in [3.05, 3.63) is 51.4 Å². The standard InChI is InChI=1S/C20H22N2O3S2/c1-3-25-19(24)16-14-10-6-7-11-15(14)27-18(16)22-20(26)21-17(23)13-9-5-4-8-12(13)2/h4-5,8-9H,3,6-7,10-11H2,1-2H3,(H2,21,22,23,26). The van der Waals surface area contributed by atoms with Crippen LogP contribution in [0.1, 0.15) is 56.5 Å². The van der Waals surface area contributed by atoms with Crippen LogP contribution in [0.25, 0.3) is 0 Å². The predicted octanol–water partition coefficient (Wildman–Crippen LogP) is 4.24. The van der Waals surface area contributed by atoms with Crippen LogP contribution in [0.3, 0.4) is 0 Å². The summed E-state index contributed by atoms with van der Waals surface area (Å²) in [6.45, 7) is 3.98. The molecule has 1 aromatic carbocycles. The van der Waals surface area contributed by atoms with Crippen molar-refractivity contribution in [3.63, 3.8) is 0 Å². The zero-order valence-corrected chi connectivity index (χ0v) is 17.0. The minimum Gasteiger partial charge on any atom is -0.462 e. The molecule has 1 heterocycles. The minimum atomic E-state index is -0.340. The lowest BCUT2D eigenvalue weighted by molar-refractivity contribution is 0.0526. The lowest BCUT2D eigenvalue weighted by atomic mass is 9.95. The van der Waals surface area contributed by atoms with E-state index in [1.165, 1.54) is 16.2 Å². The number of esters is 1. The molecule has 1 aliphatic rings. The molecule has 1 amide bonds. The van der Waals surface area contributed by atoms with Gasteiger partial charge in [-0.15, -0.1) is 11.3 Å². The summed E-state index contributed by atoms with van der Waals surface area (Å²) in [5, 5.41) is 6.57. The van der Waals surface area contributed by atoms with Gasteiger partial charge in [0.2, 0.25) is 0 Å². The zero-order valence-electron chi connectivity index (χ0n) is 15.4. The van der Waals surface area contributed by atoms with Crippen molar-refractivity contribution in [1.82, 2.24) is 5.32 Å². The molecule has 0 unspecified atom stereocenters. The number of nitrogens with one attached hydrogen (secondary N) is 2. The first-order valence-electron chi connectivity index (χ1n) is 9.00. The number of hydrogen-bond donors (Lipinski definition) is 2. The Labute approximate surface area is 168 Å². The Morgan fingerprint density at radius 2 is 1.96 bits per heavy atom. The first kappa shape index (κ1) is 19.5. The molecule has 27 heavy (non-hydrogen) atoms. The number of thiocarbonyl (C=S) groups is 1. The number of carbonyl (C=O) groups excluding carboxylic acids is 2. The van der Waals surface area contributed by atoms with Crippen LogP contribution in [-0.2, 0) is 17.6 Å². The molecule has 5 nitrogen and oxygen atoms in total. The van der Waals surface area contributed by atoms with Crippen LogP contribution < -0.4 is 10.6 Å². The van der Waals surface area contributed by atoms with Crippen molar-refractivity contribution in [2.45, 2.75) is 39.5 Å². The topological polar surface area (TPSA) is 67.4 Å². The predicted molar refractivity (Wildman–Crippen MR) is 112 cm³/mol. The van der Waals surface area contributed by atoms with E-state index in [0.29, 0.717) is 22.7 Å². The van der Waals surface area contributed by atoms with Crippen molar-refractivity contribution in [2.75, 3.05) is 11.9 Å². The van der Waals surface area contributed by atoms with E-state index >= 15 is 0 Å². The molecule has 1 aliphatic carbocycles. The van der Waals surface area contributed by atoms with E-state index in [9.17, 15) is 9.59 Å². The van der Waals surface area contributed by atoms with Gasteiger partial charge in [-0.3, -0.25) is 10.1 Å². The second kappa shape index (κ2) is 8.63. The number of anilines is 1. The van der Waals surface area contributed by atoms with Gasteiger partial charge in [0.15, 0.2) is 5.11 Å². The Bertz CT molecular complexity index is 889. The number of benzene rings is 1. The van der Waals surface area contributed by atoms with Gasteiger partial charge in [0.25, 0.3) is 5.91 Å². The maximum Gasteiger partial charge on any atom is 0.341 e. The largest absolute Gasteiger partial charge is 0.462 e. The van der Waals surface area contributed by atoms with Gasteiger partial charge in [0.05, 0.1) is 12.2 Å². The molecule has 0 fully saturated rings. The highest BCUT2D eigenvalue weighted by Crippen LogP contribution is 2.38. The van der Waals surface area contributed by atoms with E-state index in [-0.39, 0.29) is 17.0 Å². The van der Waals surface area contributed by atoms with E-state index < -0.39 is 0 Å². The van der Waals surface area contributed by atoms with Gasteiger partial charge in [0, 0.05) is 10.4 Å². The molecule has 142 valence electrons. The fourth-order valence-corrected chi connectivity index (χ4v) is 4.75. The van der Waals surface area contributed by atoms with Gasteiger partial charge in [-0.05, 0) is 68.9 Å². The number of thiophene rings is 1. The molecule has 3 rings (SSSR count). The van der Waals surface area contributed by atoms with Gasteiger partial charge >= 0.3 is 5.97 Å². The molecular weight excluding hydrogens is 380 g/mol. The summed E-state index contributed by atoms with van der Waals surface area (Å²) in [7, 11) is 0. The number of ether oxygens (including phenoxy) is 1. The number of rotatable bonds is 4. The summed E-state index contributed by atoms with van der Waals surface area (Å²) < 4.78 is 5.24. The van der Waals surface area contributed by atoms with E-state index in [2.05, 4.69) is 10.6 Å². The SMILES string of the molecule is CCOC(=O)c1c(NC(=S)NC(=O)c2ccccc2C)sc2c1CCCC2. The maximum absolute atomic E-state index is 12.5. The maximum atomic E-state index is 12.5. The van der Waals surface area contributed by atoms with Crippen LogP contribution in [-0.4, -0.2) is 23.6 Å².